The molecule has 0 saturated carbocycles. The maximum Gasteiger partial charge on any atom is 0.257 e. The summed E-state index contributed by atoms with van der Waals surface area (Å²) in [4.78, 5) is 14.6. The van der Waals surface area contributed by atoms with Gasteiger partial charge in [0, 0.05) is 19.8 Å². The van der Waals surface area contributed by atoms with Gasteiger partial charge < -0.3 is 14.7 Å². The Bertz CT molecular complexity index is 721. The number of nitrogens with zero attached hydrogens (tertiary/aromatic N) is 3. The highest BCUT2D eigenvalue weighted by molar-refractivity contribution is 5.94. The zero-order valence-corrected chi connectivity index (χ0v) is 14.3. The van der Waals surface area contributed by atoms with Crippen molar-refractivity contribution >= 4 is 5.91 Å². The van der Waals surface area contributed by atoms with Crippen LogP contribution in [-0.4, -0.2) is 45.4 Å². The van der Waals surface area contributed by atoms with Gasteiger partial charge in [-0.15, -0.1) is 0 Å². The Hall–Kier alpha value is -2.34. The van der Waals surface area contributed by atoms with Crippen LogP contribution in [0.5, 0.6) is 5.75 Å². The molecule has 0 aliphatic carbocycles. The Kier molecular flexibility index (Phi) is 4.32. The number of methoxy groups -OCH3 is 1. The summed E-state index contributed by atoms with van der Waals surface area (Å²) < 4.78 is 6.78. The van der Waals surface area contributed by atoms with Crippen LogP contribution in [-0.2, 0) is 12.6 Å². The average Bonchev–Trinajstić information content (AvgIpc) is 3.23. The van der Waals surface area contributed by atoms with Crippen LogP contribution < -0.4 is 4.74 Å². The molecule has 128 valence electrons. The first kappa shape index (κ1) is 16.5. The highest BCUT2D eigenvalue weighted by Gasteiger charge is 2.43. The number of aliphatic hydroxyl groups is 1. The van der Waals surface area contributed by atoms with Gasteiger partial charge in [-0.2, -0.15) is 5.10 Å². The number of hydrogen-bond donors (Lipinski definition) is 1. The molecule has 1 aliphatic rings. The number of aryl methyl sites for hydroxylation is 1. The molecule has 2 unspecified atom stereocenters. The van der Waals surface area contributed by atoms with E-state index in [2.05, 4.69) is 5.10 Å². The summed E-state index contributed by atoms with van der Waals surface area (Å²) in [5.74, 6) is 0.656. The van der Waals surface area contributed by atoms with E-state index in [1.54, 1.807) is 43.1 Å². The second-order valence-corrected chi connectivity index (χ2v) is 6.44. The first-order valence-electron chi connectivity index (χ1n) is 8.10. The molecule has 1 fully saturated rings. The molecule has 0 bridgehead atoms. The van der Waals surface area contributed by atoms with Crippen LogP contribution in [0.25, 0.3) is 0 Å². The molecular weight excluding hydrogens is 306 g/mol. The number of ether oxygens (including phenoxy) is 1. The Labute approximate surface area is 141 Å². The first-order valence-corrected chi connectivity index (χ1v) is 8.10. The third-order valence-corrected chi connectivity index (χ3v) is 4.79. The lowest BCUT2D eigenvalue weighted by Crippen LogP contribution is -2.48. The van der Waals surface area contributed by atoms with Crippen molar-refractivity contribution < 1.29 is 14.6 Å². The standard InChI is InChI=1S/C18H23N3O3/c1-18(23,14-6-8-15(24-3)9-7-14)16-5-4-10-21(16)17(22)13-11-19-20(2)12-13/h6-9,11-12,16,23H,4-5,10H2,1-3H3. The average molecular weight is 329 g/mol. The Morgan fingerprint density at radius 1 is 1.38 bits per heavy atom. The third-order valence-electron chi connectivity index (χ3n) is 4.79. The second kappa shape index (κ2) is 6.28. The van der Waals surface area contributed by atoms with Crippen LogP contribution in [0.15, 0.2) is 36.7 Å². The van der Waals surface area contributed by atoms with Crippen LogP contribution in [0.3, 0.4) is 0 Å². The minimum Gasteiger partial charge on any atom is -0.497 e. The van der Waals surface area contributed by atoms with Crippen molar-refractivity contribution in [1.29, 1.82) is 0 Å². The number of carbonyl (C=O) groups is 1. The molecule has 1 amide bonds. The lowest BCUT2D eigenvalue weighted by Gasteiger charge is -2.37. The predicted octanol–water partition coefficient (Wildman–Crippen LogP) is 1.94. The van der Waals surface area contributed by atoms with Crippen molar-refractivity contribution in [2.75, 3.05) is 13.7 Å². The summed E-state index contributed by atoms with van der Waals surface area (Å²) in [6.07, 6.45) is 4.92. The topological polar surface area (TPSA) is 67.6 Å². The number of benzene rings is 1. The minimum atomic E-state index is -1.12. The van der Waals surface area contributed by atoms with Crippen molar-refractivity contribution in [2.45, 2.75) is 31.4 Å². The number of likely N-dealkylation sites (tertiary alicyclic amines) is 1. The fraction of sp³-hybridized carbons (Fsp3) is 0.444. The van der Waals surface area contributed by atoms with E-state index < -0.39 is 5.60 Å². The number of rotatable bonds is 4. The number of hydrogen-bond acceptors (Lipinski definition) is 4. The van der Waals surface area contributed by atoms with Gasteiger partial charge in [0.2, 0.25) is 0 Å². The molecule has 24 heavy (non-hydrogen) atoms. The third kappa shape index (κ3) is 2.89. The molecule has 1 aliphatic heterocycles. The van der Waals surface area contributed by atoms with Gasteiger partial charge in [-0.05, 0) is 37.5 Å². The molecule has 1 aromatic carbocycles. The zero-order chi connectivity index (χ0) is 17.3. The van der Waals surface area contributed by atoms with E-state index in [0.29, 0.717) is 12.1 Å². The predicted molar refractivity (Wildman–Crippen MR) is 89.8 cm³/mol. The highest BCUT2D eigenvalue weighted by atomic mass is 16.5. The minimum absolute atomic E-state index is 0.0839. The molecule has 6 nitrogen and oxygen atoms in total. The fourth-order valence-electron chi connectivity index (χ4n) is 3.41. The van der Waals surface area contributed by atoms with E-state index in [1.807, 2.05) is 24.3 Å². The van der Waals surface area contributed by atoms with Crippen LogP contribution in [0.2, 0.25) is 0 Å². The van der Waals surface area contributed by atoms with E-state index >= 15 is 0 Å². The monoisotopic (exact) mass is 329 g/mol. The second-order valence-electron chi connectivity index (χ2n) is 6.44. The van der Waals surface area contributed by atoms with Gasteiger partial charge in [0.15, 0.2) is 0 Å². The van der Waals surface area contributed by atoms with E-state index in [0.717, 1.165) is 24.2 Å². The summed E-state index contributed by atoms with van der Waals surface area (Å²) in [5, 5.41) is 15.2. The molecule has 2 atom stereocenters. The van der Waals surface area contributed by atoms with Crippen LogP contribution >= 0.6 is 0 Å². The van der Waals surface area contributed by atoms with Crippen LogP contribution in [0, 0.1) is 0 Å². The fourth-order valence-corrected chi connectivity index (χ4v) is 3.41. The van der Waals surface area contributed by atoms with E-state index in [4.69, 9.17) is 4.74 Å². The molecule has 1 saturated heterocycles. The van der Waals surface area contributed by atoms with Gasteiger partial charge >= 0.3 is 0 Å². The van der Waals surface area contributed by atoms with Crippen LogP contribution in [0.4, 0.5) is 0 Å². The zero-order valence-electron chi connectivity index (χ0n) is 14.3. The Morgan fingerprint density at radius 3 is 2.67 bits per heavy atom. The number of amides is 1. The molecule has 2 heterocycles. The van der Waals surface area contributed by atoms with E-state index in [1.165, 1.54) is 0 Å². The molecule has 0 radical (unpaired) electrons. The summed E-state index contributed by atoms with van der Waals surface area (Å²) in [7, 11) is 3.39. The smallest absolute Gasteiger partial charge is 0.257 e. The molecule has 2 aromatic rings. The highest BCUT2D eigenvalue weighted by Crippen LogP contribution is 2.36. The quantitative estimate of drug-likeness (QED) is 0.931. The SMILES string of the molecule is COc1ccc(C(C)(O)C2CCCN2C(=O)c2cnn(C)c2)cc1. The first-order chi connectivity index (χ1) is 11.4. The maximum absolute atomic E-state index is 12.8. The molecular formula is C18H23N3O3. The summed E-state index contributed by atoms with van der Waals surface area (Å²) in [6, 6.07) is 7.09. The summed E-state index contributed by atoms with van der Waals surface area (Å²) in [5.41, 5.74) is 0.204. The molecule has 0 spiro atoms. The van der Waals surface area contributed by atoms with Crippen molar-refractivity contribution in [1.82, 2.24) is 14.7 Å². The largest absolute Gasteiger partial charge is 0.497 e. The van der Waals surface area contributed by atoms with Crippen molar-refractivity contribution in [2.24, 2.45) is 7.05 Å². The van der Waals surface area contributed by atoms with Crippen molar-refractivity contribution in [3.05, 3.63) is 47.8 Å². The number of aromatic nitrogens is 2. The van der Waals surface area contributed by atoms with E-state index in [-0.39, 0.29) is 11.9 Å². The molecule has 1 N–H and O–H groups in total. The maximum atomic E-state index is 12.8. The normalized spacial score (nSPS) is 20.0. The van der Waals surface area contributed by atoms with Gasteiger partial charge in [-0.1, -0.05) is 12.1 Å². The van der Waals surface area contributed by atoms with Crippen molar-refractivity contribution in [3.8, 4) is 5.75 Å². The lowest BCUT2D eigenvalue weighted by molar-refractivity contribution is -0.0177. The molecule has 3 rings (SSSR count). The van der Waals surface area contributed by atoms with Gasteiger partial charge in [0.1, 0.15) is 11.4 Å². The van der Waals surface area contributed by atoms with Crippen molar-refractivity contribution in [3.63, 3.8) is 0 Å². The van der Waals surface area contributed by atoms with E-state index in [9.17, 15) is 9.90 Å². The van der Waals surface area contributed by atoms with Gasteiger partial charge in [-0.3, -0.25) is 9.48 Å². The number of carbonyl (C=O) groups excluding carboxylic acids is 1. The Morgan fingerprint density at radius 2 is 2.08 bits per heavy atom. The molecule has 1 aromatic heterocycles. The van der Waals surface area contributed by atoms with Gasteiger partial charge in [0.25, 0.3) is 5.91 Å². The Balaban J connectivity index is 1.86. The van der Waals surface area contributed by atoms with Crippen LogP contribution in [0.1, 0.15) is 35.7 Å². The summed E-state index contributed by atoms with van der Waals surface area (Å²) >= 11 is 0. The molecule has 6 heteroatoms. The van der Waals surface area contributed by atoms with Gasteiger partial charge in [0.05, 0.1) is 24.9 Å². The lowest BCUT2D eigenvalue weighted by atomic mass is 9.86. The van der Waals surface area contributed by atoms with Gasteiger partial charge in [-0.25, -0.2) is 0 Å². The summed E-state index contributed by atoms with van der Waals surface area (Å²) in [6.45, 7) is 2.42.